The van der Waals surface area contributed by atoms with Gasteiger partial charge in [-0.1, -0.05) is 0 Å². The Hall–Kier alpha value is -0.120. The van der Waals surface area contributed by atoms with Crippen molar-refractivity contribution >= 4 is 0 Å². The van der Waals surface area contributed by atoms with E-state index >= 15 is 0 Å². The Labute approximate surface area is 68.1 Å². The molecule has 1 radical (unpaired) electrons. The molecule has 0 aromatic heterocycles. The Morgan fingerprint density at radius 1 is 1.18 bits per heavy atom. The molecule has 2 saturated heterocycles. The zero-order chi connectivity index (χ0) is 7.52. The van der Waals surface area contributed by atoms with Crippen molar-refractivity contribution in [3.63, 3.8) is 0 Å². The van der Waals surface area contributed by atoms with E-state index in [1.54, 1.807) is 0 Å². The fraction of sp³-hybridized carbons (Fsp3) is 1.00. The molecule has 0 saturated carbocycles. The highest BCUT2D eigenvalue weighted by Gasteiger charge is 2.24. The van der Waals surface area contributed by atoms with Gasteiger partial charge in [0.2, 0.25) is 0 Å². The second-order valence-corrected chi connectivity index (χ2v) is 3.37. The quantitative estimate of drug-likeness (QED) is 0.539. The van der Waals surface area contributed by atoms with Crippen molar-refractivity contribution in [2.75, 3.05) is 39.3 Å². The van der Waals surface area contributed by atoms with Crippen LogP contribution < -0.4 is 10.6 Å². The lowest BCUT2D eigenvalue weighted by Crippen LogP contribution is -2.57. The summed E-state index contributed by atoms with van der Waals surface area (Å²) >= 11 is 0. The van der Waals surface area contributed by atoms with E-state index in [4.69, 9.17) is 0 Å². The predicted molar refractivity (Wildman–Crippen MR) is 44.7 cm³/mol. The molecule has 63 valence electrons. The Morgan fingerprint density at radius 2 is 2.09 bits per heavy atom. The van der Waals surface area contributed by atoms with Crippen molar-refractivity contribution in [3.8, 4) is 0 Å². The number of hydrogen-bond donors (Lipinski definition) is 1. The zero-order valence-corrected chi connectivity index (χ0v) is 6.92. The van der Waals surface area contributed by atoms with Gasteiger partial charge in [-0.25, -0.2) is 5.32 Å². The minimum Gasteiger partial charge on any atom is -0.314 e. The molecular formula is C8H16N3. The van der Waals surface area contributed by atoms with E-state index < -0.39 is 0 Å². The summed E-state index contributed by atoms with van der Waals surface area (Å²) in [5.74, 6) is 0. The standard InChI is InChI=1S/C8H16N3/c1-2-9-3-5-11(4-1)8-6-10-7-8/h8,10H,1-7H2. The molecule has 0 spiro atoms. The first-order valence-electron chi connectivity index (χ1n) is 4.55. The molecular weight excluding hydrogens is 138 g/mol. The number of rotatable bonds is 1. The Morgan fingerprint density at radius 3 is 2.82 bits per heavy atom. The van der Waals surface area contributed by atoms with Gasteiger partial charge >= 0.3 is 0 Å². The molecule has 0 amide bonds. The van der Waals surface area contributed by atoms with Crippen molar-refractivity contribution in [1.29, 1.82) is 0 Å². The van der Waals surface area contributed by atoms with Crippen molar-refractivity contribution in [3.05, 3.63) is 0 Å². The van der Waals surface area contributed by atoms with Gasteiger partial charge < -0.3 is 5.32 Å². The SMILES string of the molecule is C1C[N]CCN(C2CNC2)C1. The third-order valence-corrected chi connectivity index (χ3v) is 2.58. The molecule has 2 aliphatic rings. The third-order valence-electron chi connectivity index (χ3n) is 2.58. The zero-order valence-electron chi connectivity index (χ0n) is 6.92. The lowest BCUT2D eigenvalue weighted by molar-refractivity contribution is 0.155. The van der Waals surface area contributed by atoms with Crippen molar-refractivity contribution in [2.24, 2.45) is 0 Å². The molecule has 11 heavy (non-hydrogen) atoms. The lowest BCUT2D eigenvalue weighted by Gasteiger charge is -2.37. The summed E-state index contributed by atoms with van der Waals surface area (Å²) in [6.07, 6.45) is 1.26. The summed E-state index contributed by atoms with van der Waals surface area (Å²) in [5, 5.41) is 7.71. The molecule has 2 rings (SSSR count). The van der Waals surface area contributed by atoms with E-state index in [1.165, 1.54) is 32.6 Å². The first-order valence-corrected chi connectivity index (χ1v) is 4.55. The summed E-state index contributed by atoms with van der Waals surface area (Å²) < 4.78 is 0. The largest absolute Gasteiger partial charge is 0.314 e. The summed E-state index contributed by atoms with van der Waals surface area (Å²) in [6, 6.07) is 0.822. The van der Waals surface area contributed by atoms with Crippen molar-refractivity contribution < 1.29 is 0 Å². The molecule has 3 nitrogen and oxygen atoms in total. The predicted octanol–water partition coefficient (Wildman–Crippen LogP) is -0.732. The lowest BCUT2D eigenvalue weighted by atomic mass is 10.1. The Kier molecular flexibility index (Phi) is 2.41. The molecule has 2 heterocycles. The second-order valence-electron chi connectivity index (χ2n) is 3.37. The molecule has 0 aromatic rings. The topological polar surface area (TPSA) is 29.4 Å². The maximum absolute atomic E-state index is 4.40. The van der Waals surface area contributed by atoms with E-state index in [1.807, 2.05) is 0 Å². The fourth-order valence-corrected chi connectivity index (χ4v) is 1.71. The van der Waals surface area contributed by atoms with Gasteiger partial charge in [0.15, 0.2) is 0 Å². The molecule has 0 atom stereocenters. The number of nitrogens with one attached hydrogen (secondary N) is 1. The molecule has 0 aromatic carbocycles. The van der Waals surface area contributed by atoms with Gasteiger partial charge in [-0.2, -0.15) is 0 Å². The smallest absolute Gasteiger partial charge is 0.0345 e. The van der Waals surface area contributed by atoms with E-state index in [-0.39, 0.29) is 0 Å². The van der Waals surface area contributed by atoms with Crippen molar-refractivity contribution in [2.45, 2.75) is 12.5 Å². The average molecular weight is 154 g/mol. The third kappa shape index (κ3) is 1.72. The van der Waals surface area contributed by atoms with E-state index in [9.17, 15) is 0 Å². The maximum atomic E-state index is 4.40. The number of nitrogens with zero attached hydrogens (tertiary/aromatic N) is 2. The molecule has 2 fully saturated rings. The van der Waals surface area contributed by atoms with Crippen LogP contribution in [0, 0.1) is 0 Å². The van der Waals surface area contributed by atoms with Crippen LogP contribution in [0.5, 0.6) is 0 Å². The van der Waals surface area contributed by atoms with Gasteiger partial charge in [0, 0.05) is 38.8 Å². The highest BCUT2D eigenvalue weighted by atomic mass is 15.2. The van der Waals surface area contributed by atoms with Crippen molar-refractivity contribution in [1.82, 2.24) is 15.5 Å². The summed E-state index contributed by atoms with van der Waals surface area (Å²) in [4.78, 5) is 2.58. The summed E-state index contributed by atoms with van der Waals surface area (Å²) in [7, 11) is 0. The number of hydrogen-bond acceptors (Lipinski definition) is 2. The minimum atomic E-state index is 0.822. The van der Waals surface area contributed by atoms with Crippen LogP contribution >= 0.6 is 0 Å². The average Bonchev–Trinajstić information content (AvgIpc) is 2.12. The summed E-state index contributed by atoms with van der Waals surface area (Å²) in [5.41, 5.74) is 0. The summed E-state index contributed by atoms with van der Waals surface area (Å²) in [6.45, 7) is 6.97. The Balaban J connectivity index is 1.80. The van der Waals surface area contributed by atoms with E-state index in [2.05, 4.69) is 15.5 Å². The normalized spacial score (nSPS) is 29.5. The Bertz CT molecular complexity index is 115. The molecule has 0 bridgehead atoms. The molecule has 2 aliphatic heterocycles. The van der Waals surface area contributed by atoms with Crippen LogP contribution in [0.25, 0.3) is 0 Å². The van der Waals surface area contributed by atoms with Crippen LogP contribution in [-0.2, 0) is 0 Å². The first-order chi connectivity index (χ1) is 5.47. The molecule has 0 unspecified atom stereocenters. The van der Waals surface area contributed by atoms with Crippen LogP contribution in [0.2, 0.25) is 0 Å². The van der Waals surface area contributed by atoms with Crippen LogP contribution in [-0.4, -0.2) is 50.2 Å². The van der Waals surface area contributed by atoms with Crippen LogP contribution in [0.15, 0.2) is 0 Å². The molecule has 0 aliphatic carbocycles. The van der Waals surface area contributed by atoms with Gasteiger partial charge in [0.25, 0.3) is 0 Å². The molecule has 3 heteroatoms. The monoisotopic (exact) mass is 154 g/mol. The van der Waals surface area contributed by atoms with Crippen LogP contribution in [0.4, 0.5) is 0 Å². The van der Waals surface area contributed by atoms with E-state index in [0.717, 1.165) is 19.1 Å². The van der Waals surface area contributed by atoms with Crippen LogP contribution in [0.1, 0.15) is 6.42 Å². The maximum Gasteiger partial charge on any atom is 0.0345 e. The van der Waals surface area contributed by atoms with E-state index in [0.29, 0.717) is 0 Å². The van der Waals surface area contributed by atoms with Gasteiger partial charge in [0.1, 0.15) is 0 Å². The highest BCUT2D eigenvalue weighted by molar-refractivity contribution is 4.85. The van der Waals surface area contributed by atoms with Gasteiger partial charge in [-0.3, -0.25) is 4.90 Å². The van der Waals surface area contributed by atoms with Gasteiger partial charge in [-0.05, 0) is 13.0 Å². The molecule has 1 N–H and O–H groups in total. The van der Waals surface area contributed by atoms with Crippen LogP contribution in [0.3, 0.4) is 0 Å². The van der Waals surface area contributed by atoms with Gasteiger partial charge in [-0.15, -0.1) is 0 Å². The van der Waals surface area contributed by atoms with Gasteiger partial charge in [0.05, 0.1) is 0 Å². The highest BCUT2D eigenvalue weighted by Crippen LogP contribution is 2.06. The second kappa shape index (κ2) is 3.52. The fourth-order valence-electron chi connectivity index (χ4n) is 1.71. The minimum absolute atomic E-state index is 0.822. The first kappa shape index (κ1) is 7.53.